The third-order valence-corrected chi connectivity index (χ3v) is 6.26. The highest BCUT2D eigenvalue weighted by atomic mass is 32.2. The molecule has 5 rings (SSSR count). The lowest BCUT2D eigenvalue weighted by atomic mass is 10.1. The predicted molar refractivity (Wildman–Crippen MR) is 110 cm³/mol. The first-order chi connectivity index (χ1) is 13.7. The van der Waals surface area contributed by atoms with Crippen molar-refractivity contribution in [2.24, 2.45) is 7.05 Å². The van der Waals surface area contributed by atoms with Gasteiger partial charge in [-0.25, -0.2) is 9.97 Å². The summed E-state index contributed by atoms with van der Waals surface area (Å²) < 4.78 is 7.38. The molecule has 138 valence electrons. The zero-order valence-electron chi connectivity index (χ0n) is 15.2. The minimum Gasteiger partial charge on any atom is -0.461 e. The van der Waals surface area contributed by atoms with Crippen LogP contribution in [0.4, 0.5) is 0 Å². The molecule has 0 saturated carbocycles. The number of nitrogens with zero attached hydrogens (tertiary/aromatic N) is 5. The quantitative estimate of drug-likeness (QED) is 0.383. The number of aromatic nitrogens is 5. The Morgan fingerprint density at radius 3 is 2.68 bits per heavy atom. The molecule has 0 bridgehead atoms. The Bertz CT molecular complexity index is 1260. The lowest BCUT2D eigenvalue weighted by Crippen LogP contribution is -1.96. The average molecular weight is 406 g/mol. The van der Waals surface area contributed by atoms with Crippen LogP contribution in [0.25, 0.3) is 32.9 Å². The highest BCUT2D eigenvalue weighted by Crippen LogP contribution is 2.40. The SMILES string of the molecule is Cc1nc(Sc2nnc(-c3ccco3)n2C)c2c(-c3ccccc3)csc2n1. The van der Waals surface area contributed by atoms with E-state index in [0.717, 1.165) is 37.4 Å². The van der Waals surface area contributed by atoms with Crippen LogP contribution in [-0.2, 0) is 7.05 Å². The van der Waals surface area contributed by atoms with Gasteiger partial charge >= 0.3 is 0 Å². The summed E-state index contributed by atoms with van der Waals surface area (Å²) in [5.74, 6) is 2.11. The number of hydrogen-bond acceptors (Lipinski definition) is 7. The van der Waals surface area contributed by atoms with Gasteiger partial charge in [-0.05, 0) is 36.4 Å². The van der Waals surface area contributed by atoms with Crippen molar-refractivity contribution in [2.75, 3.05) is 0 Å². The van der Waals surface area contributed by atoms with E-state index in [1.54, 1.807) is 17.6 Å². The summed E-state index contributed by atoms with van der Waals surface area (Å²) in [6, 6.07) is 14.0. The lowest BCUT2D eigenvalue weighted by molar-refractivity contribution is 0.572. The van der Waals surface area contributed by atoms with E-state index in [2.05, 4.69) is 32.7 Å². The van der Waals surface area contributed by atoms with Crippen LogP contribution < -0.4 is 0 Å². The molecule has 8 heteroatoms. The molecule has 0 aliphatic heterocycles. The highest BCUT2D eigenvalue weighted by Gasteiger charge is 2.19. The Kier molecular flexibility index (Phi) is 4.22. The topological polar surface area (TPSA) is 69.6 Å². The second kappa shape index (κ2) is 6.88. The zero-order valence-corrected chi connectivity index (χ0v) is 16.8. The van der Waals surface area contributed by atoms with Crippen molar-refractivity contribution in [1.82, 2.24) is 24.7 Å². The average Bonchev–Trinajstić information content (AvgIpc) is 3.43. The van der Waals surface area contributed by atoms with Gasteiger partial charge in [0.1, 0.15) is 15.7 Å². The summed E-state index contributed by atoms with van der Waals surface area (Å²) in [7, 11) is 1.93. The Balaban J connectivity index is 1.63. The number of furan rings is 1. The number of aryl methyl sites for hydroxylation is 1. The molecule has 6 nitrogen and oxygen atoms in total. The third-order valence-electron chi connectivity index (χ3n) is 4.36. The standard InChI is InChI=1S/C20H15N5OS2/c1-12-21-18-16(14(11-27-18)13-7-4-3-5-8-13)19(22-12)28-20-24-23-17(25(20)2)15-9-6-10-26-15/h3-11H,1-2H3. The number of hydrogen-bond donors (Lipinski definition) is 0. The van der Waals surface area contributed by atoms with E-state index in [4.69, 9.17) is 9.40 Å². The van der Waals surface area contributed by atoms with E-state index in [-0.39, 0.29) is 0 Å². The molecular weight excluding hydrogens is 390 g/mol. The van der Waals surface area contributed by atoms with E-state index in [0.29, 0.717) is 11.6 Å². The molecule has 0 spiro atoms. The Labute approximate surface area is 169 Å². The molecule has 0 saturated heterocycles. The van der Waals surface area contributed by atoms with Crippen LogP contribution in [0.15, 0.2) is 68.7 Å². The monoisotopic (exact) mass is 405 g/mol. The molecule has 4 heterocycles. The second-order valence-electron chi connectivity index (χ2n) is 6.22. The molecule has 4 aromatic heterocycles. The molecule has 0 N–H and O–H groups in total. The summed E-state index contributed by atoms with van der Waals surface area (Å²) in [6.45, 7) is 1.91. The van der Waals surface area contributed by atoms with Gasteiger partial charge in [0, 0.05) is 18.0 Å². The van der Waals surface area contributed by atoms with E-state index in [1.165, 1.54) is 11.8 Å². The lowest BCUT2D eigenvalue weighted by Gasteiger charge is -2.06. The van der Waals surface area contributed by atoms with E-state index < -0.39 is 0 Å². The van der Waals surface area contributed by atoms with Gasteiger partial charge in [-0.3, -0.25) is 0 Å². The Morgan fingerprint density at radius 1 is 1.04 bits per heavy atom. The number of rotatable bonds is 4. The molecule has 28 heavy (non-hydrogen) atoms. The first-order valence-electron chi connectivity index (χ1n) is 8.63. The molecule has 1 aromatic carbocycles. The minimum atomic E-state index is 0.683. The van der Waals surface area contributed by atoms with Crippen molar-refractivity contribution in [3.8, 4) is 22.7 Å². The van der Waals surface area contributed by atoms with E-state index in [1.807, 2.05) is 48.9 Å². The molecule has 5 aromatic rings. The predicted octanol–water partition coefficient (Wildman–Crippen LogP) is 5.21. The number of benzene rings is 1. The van der Waals surface area contributed by atoms with Crippen molar-refractivity contribution in [2.45, 2.75) is 17.1 Å². The molecule has 0 atom stereocenters. The van der Waals surface area contributed by atoms with Crippen LogP contribution >= 0.6 is 23.1 Å². The maximum Gasteiger partial charge on any atom is 0.200 e. The van der Waals surface area contributed by atoms with Gasteiger partial charge in [0.15, 0.2) is 16.7 Å². The van der Waals surface area contributed by atoms with Crippen molar-refractivity contribution in [3.63, 3.8) is 0 Å². The van der Waals surface area contributed by atoms with Gasteiger partial charge in [-0.1, -0.05) is 30.3 Å². The normalized spacial score (nSPS) is 11.4. The van der Waals surface area contributed by atoms with Crippen LogP contribution in [0.5, 0.6) is 0 Å². The minimum absolute atomic E-state index is 0.683. The summed E-state index contributed by atoms with van der Waals surface area (Å²) >= 11 is 3.13. The molecular formula is C20H15N5OS2. The van der Waals surface area contributed by atoms with E-state index in [9.17, 15) is 0 Å². The van der Waals surface area contributed by atoms with E-state index >= 15 is 0 Å². The summed E-state index contributed by atoms with van der Waals surface area (Å²) in [4.78, 5) is 10.3. The number of fused-ring (bicyclic) bond motifs is 1. The smallest absolute Gasteiger partial charge is 0.200 e. The molecule has 0 fully saturated rings. The van der Waals surface area contributed by atoms with Crippen molar-refractivity contribution in [1.29, 1.82) is 0 Å². The largest absolute Gasteiger partial charge is 0.461 e. The van der Waals surface area contributed by atoms with Crippen LogP contribution in [0.3, 0.4) is 0 Å². The van der Waals surface area contributed by atoms with Gasteiger partial charge < -0.3 is 8.98 Å². The van der Waals surface area contributed by atoms with Crippen LogP contribution in [0, 0.1) is 6.92 Å². The fraction of sp³-hybridized carbons (Fsp3) is 0.100. The summed E-state index contributed by atoms with van der Waals surface area (Å²) in [6.07, 6.45) is 1.63. The van der Waals surface area contributed by atoms with Crippen LogP contribution in [-0.4, -0.2) is 24.7 Å². The maximum absolute atomic E-state index is 5.46. The van der Waals surface area contributed by atoms with Gasteiger partial charge in [0.05, 0.1) is 11.6 Å². The van der Waals surface area contributed by atoms with Crippen molar-refractivity contribution in [3.05, 3.63) is 59.9 Å². The Hall–Kier alpha value is -2.97. The van der Waals surface area contributed by atoms with Crippen LogP contribution in [0.1, 0.15) is 5.82 Å². The first kappa shape index (κ1) is 17.2. The molecule has 0 aliphatic carbocycles. The molecule has 0 amide bonds. The fourth-order valence-electron chi connectivity index (χ4n) is 3.03. The zero-order chi connectivity index (χ0) is 19.1. The first-order valence-corrected chi connectivity index (χ1v) is 10.3. The van der Waals surface area contributed by atoms with Gasteiger partial charge in [-0.15, -0.1) is 21.5 Å². The van der Waals surface area contributed by atoms with Gasteiger partial charge in [-0.2, -0.15) is 0 Å². The summed E-state index contributed by atoms with van der Waals surface area (Å²) in [5, 5.41) is 13.4. The maximum atomic E-state index is 5.46. The highest BCUT2D eigenvalue weighted by molar-refractivity contribution is 7.99. The van der Waals surface area contributed by atoms with Gasteiger partial charge in [0.25, 0.3) is 0 Å². The van der Waals surface area contributed by atoms with Crippen LogP contribution in [0.2, 0.25) is 0 Å². The van der Waals surface area contributed by atoms with Crippen molar-refractivity contribution < 1.29 is 4.42 Å². The van der Waals surface area contributed by atoms with Crippen molar-refractivity contribution >= 4 is 33.3 Å². The number of thiophene rings is 1. The Morgan fingerprint density at radius 2 is 1.89 bits per heavy atom. The molecule has 0 unspecified atom stereocenters. The molecule has 0 radical (unpaired) electrons. The fourth-order valence-corrected chi connectivity index (χ4v) is 5.05. The second-order valence-corrected chi connectivity index (χ2v) is 8.03. The third kappa shape index (κ3) is 2.90. The molecule has 0 aliphatic rings. The summed E-state index contributed by atoms with van der Waals surface area (Å²) in [5.41, 5.74) is 2.29. The van der Waals surface area contributed by atoms with Gasteiger partial charge in [0.2, 0.25) is 0 Å².